The van der Waals surface area contributed by atoms with Crippen LogP contribution < -0.4 is 10.5 Å². The van der Waals surface area contributed by atoms with Crippen molar-refractivity contribution < 1.29 is 22.7 Å². The van der Waals surface area contributed by atoms with Gasteiger partial charge in [-0.25, -0.2) is 0 Å². The van der Waals surface area contributed by atoms with E-state index in [1.54, 1.807) is 29.2 Å². The first-order valence-electron chi connectivity index (χ1n) is 9.06. The average molecular weight is 429 g/mol. The number of carbonyl (C=O) groups excluding carboxylic acids is 1. The maximum atomic E-state index is 12.9. The Bertz CT molecular complexity index is 871. The van der Waals surface area contributed by atoms with Gasteiger partial charge < -0.3 is 15.4 Å². The Kier molecular flexibility index (Phi) is 6.86. The lowest BCUT2D eigenvalue weighted by Gasteiger charge is -2.42. The molecule has 0 saturated carbocycles. The molecule has 8 heteroatoms. The first-order valence-corrected chi connectivity index (χ1v) is 9.06. The van der Waals surface area contributed by atoms with E-state index in [9.17, 15) is 18.0 Å². The number of rotatable bonds is 3. The van der Waals surface area contributed by atoms with Crippen LogP contribution in [0.4, 0.5) is 13.2 Å². The molecule has 2 N–H and O–H groups in total. The Morgan fingerprint density at radius 3 is 2.38 bits per heavy atom. The van der Waals surface area contributed by atoms with Crippen LogP contribution in [-0.4, -0.2) is 29.9 Å². The van der Waals surface area contributed by atoms with E-state index < -0.39 is 11.7 Å². The minimum atomic E-state index is -4.45. The number of hydrogen-bond donors (Lipinski definition) is 1. The van der Waals surface area contributed by atoms with Gasteiger partial charge in [0.1, 0.15) is 11.5 Å². The van der Waals surface area contributed by atoms with Crippen molar-refractivity contribution in [1.29, 1.82) is 0 Å². The van der Waals surface area contributed by atoms with Crippen LogP contribution in [0.1, 0.15) is 36.2 Å². The van der Waals surface area contributed by atoms with Crippen molar-refractivity contribution in [3.63, 3.8) is 0 Å². The first-order chi connectivity index (χ1) is 13.1. The SMILES string of the molecule is CC1(C)CN(C(=O)c2cccc(Oc3cccc(C(F)(F)F)c3)c2)CCC1N.Cl. The normalized spacial score (nSPS) is 18.7. The lowest BCUT2D eigenvalue weighted by atomic mass is 9.79. The Hall–Kier alpha value is -2.25. The van der Waals surface area contributed by atoms with Gasteiger partial charge in [-0.2, -0.15) is 13.2 Å². The smallest absolute Gasteiger partial charge is 0.416 e. The van der Waals surface area contributed by atoms with E-state index in [0.717, 1.165) is 18.6 Å². The zero-order chi connectivity index (χ0) is 20.5. The van der Waals surface area contributed by atoms with Gasteiger partial charge in [0, 0.05) is 24.7 Å². The molecule has 1 fully saturated rings. The second-order valence-corrected chi connectivity index (χ2v) is 7.77. The molecule has 1 atom stereocenters. The number of nitrogens with zero attached hydrogens (tertiary/aromatic N) is 1. The molecule has 0 aromatic heterocycles. The summed E-state index contributed by atoms with van der Waals surface area (Å²) >= 11 is 0. The summed E-state index contributed by atoms with van der Waals surface area (Å²) in [5, 5.41) is 0. The lowest BCUT2D eigenvalue weighted by molar-refractivity contribution is -0.137. The van der Waals surface area contributed by atoms with Crippen LogP contribution in [0, 0.1) is 5.41 Å². The Morgan fingerprint density at radius 2 is 1.76 bits per heavy atom. The maximum Gasteiger partial charge on any atom is 0.416 e. The lowest BCUT2D eigenvalue weighted by Crippen LogP contribution is -2.53. The number of nitrogens with two attached hydrogens (primary N) is 1. The van der Waals surface area contributed by atoms with Gasteiger partial charge in [0.05, 0.1) is 5.56 Å². The minimum Gasteiger partial charge on any atom is -0.457 e. The summed E-state index contributed by atoms with van der Waals surface area (Å²) in [6, 6.07) is 11.1. The van der Waals surface area contributed by atoms with Gasteiger partial charge in [0.25, 0.3) is 5.91 Å². The van der Waals surface area contributed by atoms with E-state index in [1.807, 2.05) is 13.8 Å². The highest BCUT2D eigenvalue weighted by molar-refractivity contribution is 5.94. The number of carbonyl (C=O) groups is 1. The molecule has 2 aromatic carbocycles. The Balaban J connectivity index is 0.00000300. The van der Waals surface area contributed by atoms with Crippen LogP contribution in [-0.2, 0) is 6.18 Å². The topological polar surface area (TPSA) is 55.6 Å². The largest absolute Gasteiger partial charge is 0.457 e. The van der Waals surface area contributed by atoms with Crippen LogP contribution >= 0.6 is 12.4 Å². The number of alkyl halides is 3. The third-order valence-corrected chi connectivity index (χ3v) is 5.08. The fourth-order valence-electron chi connectivity index (χ4n) is 3.29. The molecule has 0 radical (unpaired) electrons. The molecule has 1 unspecified atom stereocenters. The van der Waals surface area contributed by atoms with Crippen molar-refractivity contribution in [2.45, 2.75) is 32.5 Å². The van der Waals surface area contributed by atoms with Crippen molar-refractivity contribution in [1.82, 2.24) is 4.90 Å². The third kappa shape index (κ3) is 5.42. The standard InChI is InChI=1S/C21H23F3N2O2.ClH/c1-20(2)13-26(10-9-18(20)25)19(27)14-5-3-7-16(11-14)28-17-8-4-6-15(12-17)21(22,23)24;/h3-8,11-12,18H,9-10,13,25H2,1-2H3;1H. The molecule has 2 aromatic rings. The number of halogens is 4. The van der Waals surface area contributed by atoms with Gasteiger partial charge >= 0.3 is 6.18 Å². The van der Waals surface area contributed by atoms with Crippen molar-refractivity contribution in [2.75, 3.05) is 13.1 Å². The van der Waals surface area contributed by atoms with E-state index in [-0.39, 0.29) is 35.5 Å². The molecule has 1 saturated heterocycles. The van der Waals surface area contributed by atoms with Crippen molar-refractivity contribution in [3.8, 4) is 11.5 Å². The van der Waals surface area contributed by atoms with Crippen LogP contribution in [0.15, 0.2) is 48.5 Å². The van der Waals surface area contributed by atoms with E-state index in [1.165, 1.54) is 12.1 Å². The van der Waals surface area contributed by atoms with Gasteiger partial charge in [0.2, 0.25) is 0 Å². The molecular weight excluding hydrogens is 405 g/mol. The molecular formula is C21H24ClF3N2O2. The zero-order valence-electron chi connectivity index (χ0n) is 16.2. The molecule has 4 nitrogen and oxygen atoms in total. The fourth-order valence-corrected chi connectivity index (χ4v) is 3.29. The second kappa shape index (κ2) is 8.63. The predicted molar refractivity (Wildman–Crippen MR) is 107 cm³/mol. The first kappa shape index (κ1) is 23.0. The number of ether oxygens (including phenoxy) is 1. The van der Waals surface area contributed by atoms with Gasteiger partial charge in [-0.15, -0.1) is 12.4 Å². The number of likely N-dealkylation sites (tertiary alicyclic amines) is 1. The van der Waals surface area contributed by atoms with Crippen LogP contribution in [0.25, 0.3) is 0 Å². The van der Waals surface area contributed by atoms with Gasteiger partial charge in [0.15, 0.2) is 0 Å². The summed E-state index contributed by atoms with van der Waals surface area (Å²) in [6.07, 6.45) is -3.72. The number of piperidine rings is 1. The molecule has 1 heterocycles. The van der Waals surface area contributed by atoms with Crippen molar-refractivity contribution >= 4 is 18.3 Å². The third-order valence-electron chi connectivity index (χ3n) is 5.08. The molecule has 158 valence electrons. The Morgan fingerprint density at radius 1 is 1.14 bits per heavy atom. The number of benzene rings is 2. The highest BCUT2D eigenvalue weighted by Gasteiger charge is 2.35. The van der Waals surface area contributed by atoms with Crippen molar-refractivity contribution in [3.05, 3.63) is 59.7 Å². The molecule has 1 aliphatic rings. The molecule has 0 spiro atoms. The Labute approximate surface area is 174 Å². The summed E-state index contributed by atoms with van der Waals surface area (Å²) in [7, 11) is 0. The predicted octanol–water partition coefficient (Wildman–Crippen LogP) is 5.12. The summed E-state index contributed by atoms with van der Waals surface area (Å²) in [5.41, 5.74) is 5.59. The monoisotopic (exact) mass is 428 g/mol. The summed E-state index contributed by atoms with van der Waals surface area (Å²) < 4.78 is 44.1. The fraction of sp³-hybridized carbons (Fsp3) is 0.381. The van der Waals surface area contributed by atoms with Crippen LogP contribution in [0.2, 0.25) is 0 Å². The molecule has 3 rings (SSSR count). The van der Waals surface area contributed by atoms with Gasteiger partial charge in [-0.3, -0.25) is 4.79 Å². The van der Waals surface area contributed by atoms with E-state index in [4.69, 9.17) is 10.5 Å². The van der Waals surface area contributed by atoms with E-state index in [2.05, 4.69) is 0 Å². The van der Waals surface area contributed by atoms with Gasteiger partial charge in [-0.05, 0) is 48.2 Å². The maximum absolute atomic E-state index is 12.9. The highest BCUT2D eigenvalue weighted by atomic mass is 35.5. The molecule has 1 aliphatic heterocycles. The second-order valence-electron chi connectivity index (χ2n) is 7.77. The highest BCUT2D eigenvalue weighted by Crippen LogP contribution is 2.33. The molecule has 1 amide bonds. The molecule has 0 aliphatic carbocycles. The van der Waals surface area contributed by atoms with Crippen molar-refractivity contribution in [2.24, 2.45) is 11.1 Å². The van der Waals surface area contributed by atoms with E-state index in [0.29, 0.717) is 24.4 Å². The minimum absolute atomic E-state index is 0. The average Bonchev–Trinajstić information content (AvgIpc) is 2.63. The molecule has 29 heavy (non-hydrogen) atoms. The zero-order valence-corrected chi connectivity index (χ0v) is 17.0. The summed E-state index contributed by atoms with van der Waals surface area (Å²) in [5.74, 6) is 0.220. The molecule has 0 bridgehead atoms. The quantitative estimate of drug-likeness (QED) is 0.738. The summed E-state index contributed by atoms with van der Waals surface area (Å²) in [6.45, 7) is 5.18. The number of hydrogen-bond acceptors (Lipinski definition) is 3. The summed E-state index contributed by atoms with van der Waals surface area (Å²) in [4.78, 5) is 14.6. The van der Waals surface area contributed by atoms with Crippen LogP contribution in [0.3, 0.4) is 0 Å². The van der Waals surface area contributed by atoms with E-state index >= 15 is 0 Å². The van der Waals surface area contributed by atoms with Gasteiger partial charge in [-0.1, -0.05) is 26.0 Å². The number of amides is 1. The van der Waals surface area contributed by atoms with Crippen LogP contribution in [0.5, 0.6) is 11.5 Å².